The predicted octanol–water partition coefficient (Wildman–Crippen LogP) is -0.197. The van der Waals surface area contributed by atoms with Crippen LogP contribution >= 0.6 is 0 Å². The van der Waals surface area contributed by atoms with Gasteiger partial charge in [0.2, 0.25) is 5.91 Å². The van der Waals surface area contributed by atoms with Crippen LogP contribution < -0.4 is 4.90 Å². The number of quaternary nitrogens is 1. The van der Waals surface area contributed by atoms with E-state index in [0.717, 1.165) is 56.8 Å². The van der Waals surface area contributed by atoms with E-state index in [1.54, 1.807) is 12.1 Å². The zero-order valence-corrected chi connectivity index (χ0v) is 16.5. The molecule has 4 aliphatic rings. The molecule has 154 valence electrons. The number of morpholine rings is 1. The summed E-state index contributed by atoms with van der Waals surface area (Å²) in [6, 6.07) is 7.56. The molecular weight excluding hydrogens is 370 g/mol. The molecular formula is C21H28N5O3+. The quantitative estimate of drug-likeness (QED) is 0.745. The highest BCUT2D eigenvalue weighted by Crippen LogP contribution is 2.29. The lowest BCUT2D eigenvalue weighted by molar-refractivity contribution is -0.945. The number of hydrogen-bond donors (Lipinski definition) is 2. The standard InChI is InChI=1S/C21H27N5O3/c27-18-3-1-2-16(11-18)20-14-26(23-22-20)12-17-10-15-4-5-25(17)13-19(15)21(28)24-6-8-29-9-7-24/h1-3,11,14-15,17,19,27H,4-10,12-13H2/p+1/t15-,17+,19-/m0/s1. The molecule has 2 N–H and O–H groups in total. The minimum Gasteiger partial charge on any atom is -0.508 e. The van der Waals surface area contributed by atoms with Crippen LogP contribution in [0.4, 0.5) is 0 Å². The average Bonchev–Trinajstić information content (AvgIpc) is 3.23. The van der Waals surface area contributed by atoms with E-state index in [-0.39, 0.29) is 11.7 Å². The van der Waals surface area contributed by atoms with Crippen molar-refractivity contribution in [3.8, 4) is 17.0 Å². The lowest BCUT2D eigenvalue weighted by atomic mass is 9.75. The van der Waals surface area contributed by atoms with Crippen LogP contribution in [0.15, 0.2) is 30.5 Å². The number of rotatable bonds is 4. The molecule has 1 amide bonds. The van der Waals surface area contributed by atoms with Gasteiger partial charge in [0.15, 0.2) is 0 Å². The van der Waals surface area contributed by atoms with Crippen molar-refractivity contribution in [2.45, 2.75) is 25.4 Å². The van der Waals surface area contributed by atoms with Crippen molar-refractivity contribution in [1.82, 2.24) is 19.9 Å². The Kier molecular flexibility index (Phi) is 4.97. The van der Waals surface area contributed by atoms with Crippen LogP contribution in [0.1, 0.15) is 12.8 Å². The van der Waals surface area contributed by atoms with Gasteiger partial charge >= 0.3 is 0 Å². The number of benzene rings is 1. The molecule has 5 heterocycles. The molecule has 0 radical (unpaired) electrons. The number of carbonyl (C=O) groups is 1. The maximum absolute atomic E-state index is 13.0. The van der Waals surface area contributed by atoms with Gasteiger partial charge in [0.05, 0.1) is 45.0 Å². The molecule has 0 spiro atoms. The lowest BCUT2D eigenvalue weighted by Gasteiger charge is -2.47. The van der Waals surface area contributed by atoms with Gasteiger partial charge in [-0.25, -0.2) is 4.68 Å². The van der Waals surface area contributed by atoms with E-state index in [1.807, 2.05) is 27.9 Å². The minimum atomic E-state index is 0.159. The number of hydrogen-bond acceptors (Lipinski definition) is 5. The monoisotopic (exact) mass is 398 g/mol. The maximum atomic E-state index is 13.0. The van der Waals surface area contributed by atoms with Crippen LogP contribution in [0.5, 0.6) is 5.75 Å². The molecule has 4 aliphatic heterocycles. The number of amides is 1. The van der Waals surface area contributed by atoms with E-state index < -0.39 is 0 Å². The van der Waals surface area contributed by atoms with Crippen LogP contribution in [-0.2, 0) is 16.1 Å². The number of phenols is 1. The smallest absolute Gasteiger partial charge is 0.231 e. The van der Waals surface area contributed by atoms with Gasteiger partial charge in [-0.1, -0.05) is 17.3 Å². The highest BCUT2D eigenvalue weighted by atomic mass is 16.5. The Bertz CT molecular complexity index is 879. The van der Waals surface area contributed by atoms with E-state index in [9.17, 15) is 9.90 Å². The summed E-state index contributed by atoms with van der Waals surface area (Å²) in [7, 11) is 0. The Labute approximate surface area is 170 Å². The second-order valence-electron chi connectivity index (χ2n) is 8.51. The summed E-state index contributed by atoms with van der Waals surface area (Å²) in [6.07, 6.45) is 4.16. The molecule has 1 aromatic heterocycles. The van der Waals surface area contributed by atoms with Gasteiger partial charge < -0.3 is 19.6 Å². The topological polar surface area (TPSA) is 84.9 Å². The van der Waals surface area contributed by atoms with Crippen molar-refractivity contribution in [1.29, 1.82) is 0 Å². The normalized spacial score (nSPS) is 29.2. The van der Waals surface area contributed by atoms with E-state index in [0.29, 0.717) is 31.1 Å². The maximum Gasteiger partial charge on any atom is 0.231 e. The van der Waals surface area contributed by atoms with Crippen molar-refractivity contribution >= 4 is 5.91 Å². The molecule has 1 unspecified atom stereocenters. The first-order valence-corrected chi connectivity index (χ1v) is 10.6. The van der Waals surface area contributed by atoms with Crippen molar-refractivity contribution in [2.75, 3.05) is 39.4 Å². The van der Waals surface area contributed by atoms with Crippen molar-refractivity contribution in [2.24, 2.45) is 11.8 Å². The summed E-state index contributed by atoms with van der Waals surface area (Å²) in [5.41, 5.74) is 1.64. The predicted molar refractivity (Wildman–Crippen MR) is 105 cm³/mol. The Hall–Kier alpha value is -2.45. The third kappa shape index (κ3) is 3.74. The lowest BCUT2D eigenvalue weighted by Crippen LogP contribution is -3.20. The van der Waals surface area contributed by atoms with Crippen molar-refractivity contribution < 1.29 is 19.5 Å². The number of nitrogens with one attached hydrogen (secondary N) is 1. The van der Waals surface area contributed by atoms with E-state index in [2.05, 4.69) is 10.3 Å². The molecule has 4 fully saturated rings. The molecule has 29 heavy (non-hydrogen) atoms. The first-order chi connectivity index (χ1) is 14.2. The fourth-order valence-corrected chi connectivity index (χ4v) is 5.23. The van der Waals surface area contributed by atoms with Crippen LogP contribution in [0.25, 0.3) is 11.3 Å². The molecule has 4 saturated heterocycles. The second-order valence-corrected chi connectivity index (χ2v) is 8.51. The SMILES string of the molecule is O=C([C@H]1C[NH+]2CC[C@H]1C[C@@H]2Cn1cc(-c2cccc(O)c2)nn1)N1CCOCC1. The molecule has 0 aliphatic carbocycles. The van der Waals surface area contributed by atoms with Gasteiger partial charge in [-0.05, 0) is 18.1 Å². The van der Waals surface area contributed by atoms with Crippen LogP contribution in [-0.4, -0.2) is 76.3 Å². The average molecular weight is 398 g/mol. The van der Waals surface area contributed by atoms with E-state index >= 15 is 0 Å². The number of piperidine rings is 3. The molecule has 0 saturated carbocycles. The fourth-order valence-electron chi connectivity index (χ4n) is 5.23. The van der Waals surface area contributed by atoms with Gasteiger partial charge in [0.1, 0.15) is 17.5 Å². The molecule has 6 rings (SSSR count). The van der Waals surface area contributed by atoms with Gasteiger partial charge in [-0.15, -0.1) is 5.10 Å². The summed E-state index contributed by atoms with van der Waals surface area (Å²) in [5.74, 6) is 1.20. The Balaban J connectivity index is 1.24. The molecule has 8 nitrogen and oxygen atoms in total. The summed E-state index contributed by atoms with van der Waals surface area (Å²) in [5, 5.41) is 18.3. The third-order valence-electron chi connectivity index (χ3n) is 6.78. The summed E-state index contributed by atoms with van der Waals surface area (Å²) in [6.45, 7) is 5.67. The van der Waals surface area contributed by atoms with Crippen molar-refractivity contribution in [3.05, 3.63) is 30.5 Å². The minimum absolute atomic E-state index is 0.159. The fraction of sp³-hybridized carbons (Fsp3) is 0.571. The summed E-state index contributed by atoms with van der Waals surface area (Å²) in [4.78, 5) is 16.5. The highest BCUT2D eigenvalue weighted by molar-refractivity contribution is 5.79. The zero-order chi connectivity index (χ0) is 19.8. The highest BCUT2D eigenvalue weighted by Gasteiger charge is 2.47. The molecule has 4 atom stereocenters. The second kappa shape index (κ2) is 7.76. The number of ether oxygens (including phenoxy) is 1. The number of carbonyl (C=O) groups excluding carboxylic acids is 1. The first kappa shape index (κ1) is 18.6. The van der Waals surface area contributed by atoms with Crippen LogP contribution in [0.3, 0.4) is 0 Å². The Morgan fingerprint density at radius 3 is 2.93 bits per heavy atom. The first-order valence-electron chi connectivity index (χ1n) is 10.6. The number of nitrogens with zero attached hydrogens (tertiary/aromatic N) is 4. The van der Waals surface area contributed by atoms with E-state index in [4.69, 9.17) is 4.74 Å². The van der Waals surface area contributed by atoms with Gasteiger partial charge in [0, 0.05) is 31.5 Å². The zero-order valence-electron chi connectivity index (χ0n) is 16.5. The van der Waals surface area contributed by atoms with Gasteiger partial charge in [-0.2, -0.15) is 0 Å². The Morgan fingerprint density at radius 2 is 2.17 bits per heavy atom. The largest absolute Gasteiger partial charge is 0.508 e. The number of fused-ring (bicyclic) bond motifs is 3. The Morgan fingerprint density at radius 1 is 1.31 bits per heavy atom. The molecule has 2 aromatic rings. The van der Waals surface area contributed by atoms with Gasteiger partial charge in [0.25, 0.3) is 0 Å². The molecule has 2 bridgehead atoms. The van der Waals surface area contributed by atoms with Gasteiger partial charge in [-0.3, -0.25) is 4.79 Å². The third-order valence-corrected chi connectivity index (χ3v) is 6.78. The number of aromatic hydroxyl groups is 1. The number of aromatic nitrogens is 3. The summed E-state index contributed by atoms with van der Waals surface area (Å²) < 4.78 is 7.31. The van der Waals surface area contributed by atoms with Crippen molar-refractivity contribution in [3.63, 3.8) is 0 Å². The molecule has 1 aromatic carbocycles. The van der Waals surface area contributed by atoms with E-state index in [1.165, 1.54) is 4.90 Å². The van der Waals surface area contributed by atoms with Crippen LogP contribution in [0.2, 0.25) is 0 Å². The van der Waals surface area contributed by atoms with Crippen LogP contribution in [0, 0.1) is 11.8 Å². The molecule has 8 heteroatoms. The summed E-state index contributed by atoms with van der Waals surface area (Å²) >= 11 is 0. The number of phenolic OH excluding ortho intramolecular Hbond substituents is 1.